The Morgan fingerprint density at radius 3 is 2.52 bits per heavy atom. The largest absolute Gasteiger partial charge is 0.321 e. The first kappa shape index (κ1) is 18.9. The molecule has 31 heavy (non-hydrogen) atoms. The molecule has 0 spiro atoms. The minimum atomic E-state index is -0.338. The lowest BCUT2D eigenvalue weighted by Crippen LogP contribution is -2.35. The van der Waals surface area contributed by atoms with Crippen LogP contribution in [0.15, 0.2) is 79.0 Å². The maximum atomic E-state index is 13.1. The summed E-state index contributed by atoms with van der Waals surface area (Å²) >= 11 is 0. The summed E-state index contributed by atoms with van der Waals surface area (Å²) in [6.07, 6.45) is 3.28. The molecule has 152 valence electrons. The maximum Gasteiger partial charge on any atom is 0.275 e. The average molecular weight is 408 g/mol. The standard InChI is InChI=1S/C25H20N4O2/c30-24(22-16-26-20-10-4-5-11-21(20)28-22)27-19-13-12-17-9-6-14-29(23(17)15-19)25(31)18-7-2-1-3-8-18/h1-5,7-8,10-13,15-16H,6,9,14H2,(H,27,30). The van der Waals surface area contributed by atoms with Gasteiger partial charge < -0.3 is 10.2 Å². The van der Waals surface area contributed by atoms with E-state index in [-0.39, 0.29) is 17.5 Å². The minimum absolute atomic E-state index is 0.0366. The van der Waals surface area contributed by atoms with E-state index in [4.69, 9.17) is 0 Å². The normalized spacial score (nSPS) is 13.0. The predicted octanol–water partition coefficient (Wildman–Crippen LogP) is 4.48. The van der Waals surface area contributed by atoms with E-state index in [1.165, 1.54) is 6.20 Å². The van der Waals surface area contributed by atoms with Crippen molar-refractivity contribution in [3.8, 4) is 0 Å². The molecule has 6 nitrogen and oxygen atoms in total. The van der Waals surface area contributed by atoms with E-state index in [1.807, 2.05) is 72.8 Å². The molecule has 6 heteroatoms. The van der Waals surface area contributed by atoms with Gasteiger partial charge in [0.05, 0.1) is 17.2 Å². The van der Waals surface area contributed by atoms with Gasteiger partial charge in [-0.05, 0) is 54.8 Å². The van der Waals surface area contributed by atoms with E-state index in [1.54, 1.807) is 4.90 Å². The van der Waals surface area contributed by atoms with E-state index in [0.29, 0.717) is 23.3 Å². The highest BCUT2D eigenvalue weighted by atomic mass is 16.2. The second-order valence-corrected chi connectivity index (χ2v) is 7.47. The molecule has 4 aromatic rings. The molecular formula is C25H20N4O2. The first-order valence-corrected chi connectivity index (χ1v) is 10.2. The summed E-state index contributed by atoms with van der Waals surface area (Å²) in [5, 5.41) is 2.89. The Labute approximate surface area is 179 Å². The van der Waals surface area contributed by atoms with Gasteiger partial charge in [0, 0.05) is 23.5 Å². The summed E-state index contributed by atoms with van der Waals surface area (Å²) in [4.78, 5) is 36.3. The quantitative estimate of drug-likeness (QED) is 0.543. The van der Waals surface area contributed by atoms with Crippen LogP contribution >= 0.6 is 0 Å². The molecule has 2 heterocycles. The van der Waals surface area contributed by atoms with Crippen molar-refractivity contribution >= 4 is 34.2 Å². The highest BCUT2D eigenvalue weighted by Crippen LogP contribution is 2.31. The second kappa shape index (κ2) is 7.99. The number of nitrogens with one attached hydrogen (secondary N) is 1. The zero-order chi connectivity index (χ0) is 21.2. The van der Waals surface area contributed by atoms with Gasteiger partial charge in [-0.15, -0.1) is 0 Å². The number of benzene rings is 3. The van der Waals surface area contributed by atoms with Gasteiger partial charge in [0.25, 0.3) is 11.8 Å². The fourth-order valence-corrected chi connectivity index (χ4v) is 3.86. The lowest BCUT2D eigenvalue weighted by molar-refractivity contribution is 0.0984. The lowest BCUT2D eigenvalue weighted by Gasteiger charge is -2.30. The van der Waals surface area contributed by atoms with Crippen LogP contribution in [-0.4, -0.2) is 28.3 Å². The van der Waals surface area contributed by atoms with Crippen molar-refractivity contribution < 1.29 is 9.59 Å². The number of rotatable bonds is 3. The highest BCUT2D eigenvalue weighted by Gasteiger charge is 2.24. The van der Waals surface area contributed by atoms with Crippen LogP contribution in [0.4, 0.5) is 11.4 Å². The van der Waals surface area contributed by atoms with E-state index >= 15 is 0 Å². The molecule has 5 rings (SSSR count). The molecule has 0 saturated heterocycles. The first-order chi connectivity index (χ1) is 15.2. The number of nitrogens with zero attached hydrogens (tertiary/aromatic N) is 3. The number of para-hydroxylation sites is 2. The Morgan fingerprint density at radius 2 is 1.68 bits per heavy atom. The Kier molecular flexibility index (Phi) is 4.88. The van der Waals surface area contributed by atoms with Crippen LogP contribution in [0.2, 0.25) is 0 Å². The van der Waals surface area contributed by atoms with Crippen molar-refractivity contribution in [1.29, 1.82) is 0 Å². The molecule has 3 aromatic carbocycles. The summed E-state index contributed by atoms with van der Waals surface area (Å²) < 4.78 is 0. The van der Waals surface area contributed by atoms with Gasteiger partial charge in [-0.1, -0.05) is 36.4 Å². The summed E-state index contributed by atoms with van der Waals surface area (Å²) in [6.45, 7) is 0.647. The fraction of sp³-hybridized carbons (Fsp3) is 0.120. The number of aryl methyl sites for hydroxylation is 1. The van der Waals surface area contributed by atoms with Crippen LogP contribution in [0.1, 0.15) is 32.8 Å². The smallest absolute Gasteiger partial charge is 0.275 e. The predicted molar refractivity (Wildman–Crippen MR) is 120 cm³/mol. The molecule has 1 aliphatic rings. The van der Waals surface area contributed by atoms with Gasteiger partial charge >= 0.3 is 0 Å². The molecule has 1 aromatic heterocycles. The maximum absolute atomic E-state index is 13.1. The average Bonchev–Trinajstić information content (AvgIpc) is 2.83. The number of hydrogen-bond acceptors (Lipinski definition) is 4. The van der Waals surface area contributed by atoms with E-state index in [9.17, 15) is 9.59 Å². The van der Waals surface area contributed by atoms with E-state index in [2.05, 4.69) is 15.3 Å². The molecule has 0 unspecified atom stereocenters. The molecule has 1 aliphatic heterocycles. The number of anilines is 2. The third-order valence-electron chi connectivity index (χ3n) is 5.41. The molecule has 0 bridgehead atoms. The third-order valence-corrected chi connectivity index (χ3v) is 5.41. The van der Waals surface area contributed by atoms with Crippen molar-refractivity contribution in [2.24, 2.45) is 0 Å². The summed E-state index contributed by atoms with van der Waals surface area (Å²) in [5.74, 6) is -0.375. The topological polar surface area (TPSA) is 75.2 Å². The molecule has 0 atom stereocenters. The van der Waals surface area contributed by atoms with Gasteiger partial charge in [-0.2, -0.15) is 0 Å². The fourth-order valence-electron chi connectivity index (χ4n) is 3.86. The Morgan fingerprint density at radius 1 is 0.903 bits per heavy atom. The summed E-state index contributed by atoms with van der Waals surface area (Å²) in [5.41, 5.74) is 4.85. The summed E-state index contributed by atoms with van der Waals surface area (Å²) in [6, 6.07) is 22.4. The monoisotopic (exact) mass is 408 g/mol. The Bertz CT molecular complexity index is 1290. The molecule has 0 aliphatic carbocycles. The molecule has 0 radical (unpaired) electrons. The van der Waals surface area contributed by atoms with Crippen molar-refractivity contribution in [2.45, 2.75) is 12.8 Å². The SMILES string of the molecule is O=C(Nc1ccc2c(c1)N(C(=O)c1ccccc1)CCC2)c1cnc2ccccc2n1. The van der Waals surface area contributed by atoms with Crippen LogP contribution in [0, 0.1) is 0 Å². The van der Waals surface area contributed by atoms with Gasteiger partial charge in [-0.3, -0.25) is 14.6 Å². The van der Waals surface area contributed by atoms with Gasteiger partial charge in [0.15, 0.2) is 0 Å². The molecule has 2 amide bonds. The Hall–Kier alpha value is -4.06. The summed E-state index contributed by atoms with van der Waals surface area (Å²) in [7, 11) is 0. The number of carbonyl (C=O) groups is 2. The minimum Gasteiger partial charge on any atom is -0.321 e. The van der Waals surface area contributed by atoms with Crippen molar-refractivity contribution in [2.75, 3.05) is 16.8 Å². The number of aromatic nitrogens is 2. The van der Waals surface area contributed by atoms with Crippen molar-refractivity contribution in [3.05, 3.63) is 95.8 Å². The number of hydrogen-bond donors (Lipinski definition) is 1. The van der Waals surface area contributed by atoms with Crippen LogP contribution in [0.3, 0.4) is 0 Å². The zero-order valence-electron chi connectivity index (χ0n) is 16.8. The third kappa shape index (κ3) is 3.75. The number of fused-ring (bicyclic) bond motifs is 2. The van der Waals surface area contributed by atoms with Crippen LogP contribution in [-0.2, 0) is 6.42 Å². The second-order valence-electron chi connectivity index (χ2n) is 7.47. The van der Waals surface area contributed by atoms with Crippen molar-refractivity contribution in [1.82, 2.24) is 9.97 Å². The first-order valence-electron chi connectivity index (χ1n) is 10.2. The number of carbonyl (C=O) groups excluding carboxylic acids is 2. The molecule has 0 fully saturated rings. The van der Waals surface area contributed by atoms with Gasteiger partial charge in [-0.25, -0.2) is 4.98 Å². The molecular weight excluding hydrogens is 388 g/mol. The lowest BCUT2D eigenvalue weighted by atomic mass is 10.00. The van der Waals surface area contributed by atoms with Crippen molar-refractivity contribution in [3.63, 3.8) is 0 Å². The molecule has 0 saturated carbocycles. The highest BCUT2D eigenvalue weighted by molar-refractivity contribution is 6.08. The zero-order valence-corrected chi connectivity index (χ0v) is 16.8. The Balaban J connectivity index is 1.42. The molecule has 1 N–H and O–H groups in total. The van der Waals surface area contributed by atoms with Crippen LogP contribution in [0.25, 0.3) is 11.0 Å². The van der Waals surface area contributed by atoms with Gasteiger partial charge in [0.2, 0.25) is 0 Å². The van der Waals surface area contributed by atoms with Crippen LogP contribution < -0.4 is 10.2 Å². The van der Waals surface area contributed by atoms with E-state index < -0.39 is 0 Å². The van der Waals surface area contributed by atoms with Gasteiger partial charge in [0.1, 0.15) is 5.69 Å². The van der Waals surface area contributed by atoms with E-state index in [0.717, 1.165) is 29.6 Å². The number of amides is 2. The van der Waals surface area contributed by atoms with Crippen LogP contribution in [0.5, 0.6) is 0 Å².